The SMILES string of the molecule is NCCCS(=O)(=O)C1CC1. The zero-order valence-electron chi connectivity index (χ0n) is 5.91. The first kappa shape index (κ1) is 8.01. The first-order chi connectivity index (χ1) is 4.67. The lowest BCUT2D eigenvalue weighted by atomic mass is 10.5. The van der Waals surface area contributed by atoms with Gasteiger partial charge in [-0.15, -0.1) is 0 Å². The molecule has 1 fully saturated rings. The number of hydrogen-bond donors (Lipinski definition) is 1. The molecule has 0 spiro atoms. The van der Waals surface area contributed by atoms with E-state index in [4.69, 9.17) is 5.73 Å². The van der Waals surface area contributed by atoms with Crippen LogP contribution in [0.3, 0.4) is 0 Å². The Kier molecular flexibility index (Phi) is 2.31. The summed E-state index contributed by atoms with van der Waals surface area (Å²) in [5.74, 6) is 0.286. The minimum Gasteiger partial charge on any atom is -0.330 e. The van der Waals surface area contributed by atoms with Gasteiger partial charge in [-0.25, -0.2) is 8.42 Å². The Morgan fingerprint density at radius 2 is 2.00 bits per heavy atom. The van der Waals surface area contributed by atoms with E-state index in [1.807, 2.05) is 0 Å². The maximum Gasteiger partial charge on any atom is 0.153 e. The Labute approximate surface area is 61.5 Å². The van der Waals surface area contributed by atoms with Crippen LogP contribution in [0.2, 0.25) is 0 Å². The van der Waals surface area contributed by atoms with E-state index in [-0.39, 0.29) is 11.0 Å². The van der Waals surface area contributed by atoms with E-state index in [2.05, 4.69) is 0 Å². The molecule has 0 bridgehead atoms. The van der Waals surface area contributed by atoms with Gasteiger partial charge >= 0.3 is 0 Å². The minimum atomic E-state index is -2.73. The van der Waals surface area contributed by atoms with Gasteiger partial charge in [-0.3, -0.25) is 0 Å². The summed E-state index contributed by atoms with van der Waals surface area (Å²) in [5, 5.41) is -0.0148. The highest BCUT2D eigenvalue weighted by Crippen LogP contribution is 2.28. The van der Waals surface area contributed by atoms with Crippen LogP contribution in [0.25, 0.3) is 0 Å². The van der Waals surface area contributed by atoms with E-state index in [9.17, 15) is 8.42 Å². The molecule has 1 saturated carbocycles. The third-order valence-corrected chi connectivity index (χ3v) is 4.01. The molecule has 1 aliphatic carbocycles. The molecule has 0 aromatic heterocycles. The van der Waals surface area contributed by atoms with Crippen molar-refractivity contribution in [3.8, 4) is 0 Å². The fourth-order valence-electron chi connectivity index (χ4n) is 0.878. The zero-order chi connectivity index (χ0) is 7.61. The summed E-state index contributed by atoms with van der Waals surface area (Å²) in [4.78, 5) is 0. The summed E-state index contributed by atoms with van der Waals surface area (Å²) in [6.07, 6.45) is 2.35. The summed E-state index contributed by atoms with van der Waals surface area (Å²) in [7, 11) is -2.73. The predicted molar refractivity (Wildman–Crippen MR) is 40.5 cm³/mol. The molecule has 10 heavy (non-hydrogen) atoms. The predicted octanol–water partition coefficient (Wildman–Crippen LogP) is -0.0876. The van der Waals surface area contributed by atoms with Gasteiger partial charge in [0.15, 0.2) is 9.84 Å². The molecule has 0 aromatic rings. The first-order valence-corrected chi connectivity index (χ1v) is 5.30. The zero-order valence-corrected chi connectivity index (χ0v) is 6.73. The Bertz CT molecular complexity index is 194. The van der Waals surface area contributed by atoms with Crippen molar-refractivity contribution in [2.45, 2.75) is 24.5 Å². The van der Waals surface area contributed by atoms with E-state index in [0.29, 0.717) is 13.0 Å². The van der Waals surface area contributed by atoms with Gasteiger partial charge in [-0.05, 0) is 25.8 Å². The molecule has 1 rings (SSSR count). The molecule has 0 aromatic carbocycles. The highest BCUT2D eigenvalue weighted by molar-refractivity contribution is 7.92. The number of hydrogen-bond acceptors (Lipinski definition) is 3. The monoisotopic (exact) mass is 163 g/mol. The topological polar surface area (TPSA) is 60.2 Å². The second-order valence-corrected chi connectivity index (χ2v) is 5.11. The molecule has 60 valence electrons. The van der Waals surface area contributed by atoms with Crippen LogP contribution in [-0.4, -0.2) is 26.0 Å². The fraction of sp³-hybridized carbons (Fsp3) is 1.00. The van der Waals surface area contributed by atoms with Crippen molar-refractivity contribution < 1.29 is 8.42 Å². The van der Waals surface area contributed by atoms with Gasteiger partial charge in [-0.2, -0.15) is 0 Å². The molecule has 0 heterocycles. The van der Waals surface area contributed by atoms with Crippen molar-refractivity contribution in [1.29, 1.82) is 0 Å². The number of sulfone groups is 1. The molecule has 0 atom stereocenters. The third kappa shape index (κ3) is 1.95. The Balaban J connectivity index is 2.36. The van der Waals surface area contributed by atoms with Crippen molar-refractivity contribution in [2.75, 3.05) is 12.3 Å². The van der Waals surface area contributed by atoms with E-state index in [0.717, 1.165) is 12.8 Å². The molecule has 0 radical (unpaired) electrons. The molecule has 1 aliphatic rings. The average molecular weight is 163 g/mol. The molecular weight excluding hydrogens is 150 g/mol. The van der Waals surface area contributed by atoms with Crippen LogP contribution in [-0.2, 0) is 9.84 Å². The van der Waals surface area contributed by atoms with Gasteiger partial charge in [0.2, 0.25) is 0 Å². The first-order valence-electron chi connectivity index (χ1n) is 3.58. The van der Waals surface area contributed by atoms with E-state index in [1.54, 1.807) is 0 Å². The maximum absolute atomic E-state index is 11.1. The van der Waals surface area contributed by atoms with Crippen LogP contribution in [0, 0.1) is 0 Å². The average Bonchev–Trinajstić information content (AvgIpc) is 2.64. The summed E-state index contributed by atoms with van der Waals surface area (Å²) < 4.78 is 22.2. The van der Waals surface area contributed by atoms with Gasteiger partial charge in [0.05, 0.1) is 11.0 Å². The number of rotatable bonds is 4. The summed E-state index contributed by atoms with van der Waals surface area (Å²) >= 11 is 0. The van der Waals surface area contributed by atoms with E-state index < -0.39 is 9.84 Å². The molecule has 0 aliphatic heterocycles. The van der Waals surface area contributed by atoms with Crippen LogP contribution in [0.4, 0.5) is 0 Å². The van der Waals surface area contributed by atoms with Crippen LogP contribution in [0.1, 0.15) is 19.3 Å². The van der Waals surface area contributed by atoms with Gasteiger partial charge in [-0.1, -0.05) is 0 Å². The van der Waals surface area contributed by atoms with Gasteiger partial charge < -0.3 is 5.73 Å². The summed E-state index contributed by atoms with van der Waals surface area (Å²) in [6, 6.07) is 0. The molecule has 0 amide bonds. The quantitative estimate of drug-likeness (QED) is 0.630. The van der Waals surface area contributed by atoms with Crippen molar-refractivity contribution in [1.82, 2.24) is 0 Å². The number of nitrogens with two attached hydrogens (primary N) is 1. The Morgan fingerprint density at radius 1 is 1.40 bits per heavy atom. The van der Waals surface area contributed by atoms with Gasteiger partial charge in [0.1, 0.15) is 0 Å². The van der Waals surface area contributed by atoms with Crippen LogP contribution in [0.5, 0.6) is 0 Å². The molecule has 2 N–H and O–H groups in total. The lowest BCUT2D eigenvalue weighted by Gasteiger charge is -1.98. The Morgan fingerprint density at radius 3 is 2.40 bits per heavy atom. The third-order valence-electron chi connectivity index (χ3n) is 1.67. The highest BCUT2D eigenvalue weighted by atomic mass is 32.2. The van der Waals surface area contributed by atoms with Crippen molar-refractivity contribution in [2.24, 2.45) is 5.73 Å². The second kappa shape index (κ2) is 2.88. The van der Waals surface area contributed by atoms with E-state index in [1.165, 1.54) is 0 Å². The molecular formula is C6H13NO2S. The summed E-state index contributed by atoms with van der Waals surface area (Å²) in [6.45, 7) is 0.478. The summed E-state index contributed by atoms with van der Waals surface area (Å²) in [5.41, 5.74) is 5.19. The molecule has 3 nitrogen and oxygen atoms in total. The Hall–Kier alpha value is -0.0900. The van der Waals surface area contributed by atoms with Crippen molar-refractivity contribution in [3.05, 3.63) is 0 Å². The van der Waals surface area contributed by atoms with Crippen LogP contribution < -0.4 is 5.73 Å². The molecule has 0 unspecified atom stereocenters. The molecule has 4 heteroatoms. The van der Waals surface area contributed by atoms with Crippen LogP contribution in [0.15, 0.2) is 0 Å². The largest absolute Gasteiger partial charge is 0.330 e. The molecule has 0 saturated heterocycles. The normalized spacial score (nSPS) is 19.3. The van der Waals surface area contributed by atoms with E-state index >= 15 is 0 Å². The lowest BCUT2D eigenvalue weighted by molar-refractivity contribution is 0.592. The van der Waals surface area contributed by atoms with Gasteiger partial charge in [0, 0.05) is 0 Å². The highest BCUT2D eigenvalue weighted by Gasteiger charge is 2.34. The van der Waals surface area contributed by atoms with Gasteiger partial charge in [0.25, 0.3) is 0 Å². The fourth-order valence-corrected chi connectivity index (χ4v) is 2.64. The lowest BCUT2D eigenvalue weighted by Crippen LogP contribution is -2.14. The minimum absolute atomic E-state index is 0.0148. The maximum atomic E-state index is 11.1. The second-order valence-electron chi connectivity index (χ2n) is 2.71. The standard InChI is InChI=1S/C6H13NO2S/c7-4-1-5-10(8,9)6-2-3-6/h6H,1-5,7H2. The smallest absolute Gasteiger partial charge is 0.153 e. The van der Waals surface area contributed by atoms with Crippen LogP contribution >= 0.6 is 0 Å². The van der Waals surface area contributed by atoms with Crippen molar-refractivity contribution >= 4 is 9.84 Å². The van der Waals surface area contributed by atoms with Crippen molar-refractivity contribution in [3.63, 3.8) is 0 Å².